The normalized spacial score (nSPS) is 26.0. The van der Waals surface area contributed by atoms with Crippen LogP contribution < -0.4 is 5.32 Å². The molecule has 1 N–H and O–H groups in total. The summed E-state index contributed by atoms with van der Waals surface area (Å²) in [5.41, 5.74) is 1.17. The number of nitrogens with one attached hydrogen (secondary N) is 1. The van der Waals surface area contributed by atoms with Crippen molar-refractivity contribution < 1.29 is 4.74 Å². The second-order valence-electron chi connectivity index (χ2n) is 6.46. The molecule has 1 fully saturated rings. The Hall–Kier alpha value is -0.570. The summed E-state index contributed by atoms with van der Waals surface area (Å²) >= 11 is 6.05. The largest absolute Gasteiger partial charge is 0.369 e. The highest BCUT2D eigenvalue weighted by atomic mass is 35.5. The monoisotopic (exact) mass is 309 g/mol. The first kappa shape index (κ1) is 16.8. The molecule has 0 bridgehead atoms. The van der Waals surface area contributed by atoms with Crippen LogP contribution in [0.2, 0.25) is 5.02 Å². The SMILES string of the molecule is CCCNCC1(OCc2cccc(Cl)c2)CCC(C)CC1. The molecule has 0 heterocycles. The van der Waals surface area contributed by atoms with Gasteiger partial charge in [0.15, 0.2) is 0 Å². The summed E-state index contributed by atoms with van der Waals surface area (Å²) in [5.74, 6) is 0.832. The smallest absolute Gasteiger partial charge is 0.0811 e. The van der Waals surface area contributed by atoms with Crippen LogP contribution >= 0.6 is 11.6 Å². The Morgan fingerprint density at radius 3 is 2.76 bits per heavy atom. The first-order valence-electron chi connectivity index (χ1n) is 8.23. The zero-order chi connectivity index (χ0) is 15.1. The van der Waals surface area contributed by atoms with Crippen LogP contribution in [-0.4, -0.2) is 18.7 Å². The molecule has 0 amide bonds. The van der Waals surface area contributed by atoms with E-state index in [0.29, 0.717) is 6.61 Å². The zero-order valence-electron chi connectivity index (χ0n) is 13.3. The lowest BCUT2D eigenvalue weighted by atomic mass is 9.79. The fraction of sp³-hybridized carbons (Fsp3) is 0.667. The maximum atomic E-state index is 6.39. The van der Waals surface area contributed by atoms with Crippen molar-refractivity contribution in [2.45, 2.75) is 58.2 Å². The minimum atomic E-state index is 0.00397. The van der Waals surface area contributed by atoms with Gasteiger partial charge in [-0.25, -0.2) is 0 Å². The van der Waals surface area contributed by atoms with E-state index >= 15 is 0 Å². The van der Waals surface area contributed by atoms with Crippen LogP contribution in [0.25, 0.3) is 0 Å². The van der Waals surface area contributed by atoms with Crippen molar-refractivity contribution in [3.8, 4) is 0 Å². The van der Waals surface area contributed by atoms with E-state index in [0.717, 1.165) is 42.4 Å². The van der Waals surface area contributed by atoms with E-state index in [-0.39, 0.29) is 5.60 Å². The van der Waals surface area contributed by atoms with Crippen molar-refractivity contribution in [1.29, 1.82) is 0 Å². The van der Waals surface area contributed by atoms with Crippen molar-refractivity contribution in [3.63, 3.8) is 0 Å². The van der Waals surface area contributed by atoms with Gasteiger partial charge >= 0.3 is 0 Å². The van der Waals surface area contributed by atoms with Gasteiger partial charge in [0, 0.05) is 11.6 Å². The van der Waals surface area contributed by atoms with Crippen LogP contribution in [0.4, 0.5) is 0 Å². The van der Waals surface area contributed by atoms with Gasteiger partial charge in [-0.1, -0.05) is 37.6 Å². The molecule has 1 aliphatic rings. The van der Waals surface area contributed by atoms with Gasteiger partial charge in [-0.3, -0.25) is 0 Å². The molecule has 0 atom stereocenters. The third kappa shape index (κ3) is 5.28. The van der Waals surface area contributed by atoms with E-state index in [2.05, 4.69) is 25.2 Å². The van der Waals surface area contributed by atoms with Crippen LogP contribution in [0.15, 0.2) is 24.3 Å². The van der Waals surface area contributed by atoms with Crippen molar-refractivity contribution in [2.75, 3.05) is 13.1 Å². The second-order valence-corrected chi connectivity index (χ2v) is 6.90. The molecule has 0 aliphatic heterocycles. The minimum Gasteiger partial charge on any atom is -0.369 e. The van der Waals surface area contributed by atoms with E-state index in [1.807, 2.05) is 18.2 Å². The number of hydrogen-bond acceptors (Lipinski definition) is 2. The van der Waals surface area contributed by atoms with Gasteiger partial charge in [-0.15, -0.1) is 0 Å². The first-order chi connectivity index (χ1) is 10.1. The predicted molar refractivity (Wildman–Crippen MR) is 89.8 cm³/mol. The van der Waals surface area contributed by atoms with E-state index in [1.165, 1.54) is 19.3 Å². The summed E-state index contributed by atoms with van der Waals surface area (Å²) in [5, 5.41) is 4.34. The van der Waals surface area contributed by atoms with E-state index < -0.39 is 0 Å². The molecule has 118 valence electrons. The average Bonchev–Trinajstić information content (AvgIpc) is 2.49. The van der Waals surface area contributed by atoms with Crippen molar-refractivity contribution in [1.82, 2.24) is 5.32 Å². The molecule has 0 radical (unpaired) electrons. The van der Waals surface area contributed by atoms with Gasteiger partial charge in [0.1, 0.15) is 0 Å². The van der Waals surface area contributed by atoms with Crippen LogP contribution in [0.3, 0.4) is 0 Å². The van der Waals surface area contributed by atoms with Crippen LogP contribution in [0.5, 0.6) is 0 Å². The molecule has 1 aliphatic carbocycles. The quantitative estimate of drug-likeness (QED) is 0.730. The summed E-state index contributed by atoms with van der Waals surface area (Å²) in [6.45, 7) is 7.24. The van der Waals surface area contributed by atoms with Crippen LogP contribution in [-0.2, 0) is 11.3 Å². The Morgan fingerprint density at radius 2 is 2.10 bits per heavy atom. The van der Waals surface area contributed by atoms with Gasteiger partial charge in [0.05, 0.1) is 12.2 Å². The van der Waals surface area contributed by atoms with Crippen molar-refractivity contribution in [3.05, 3.63) is 34.9 Å². The molecule has 1 saturated carbocycles. The van der Waals surface area contributed by atoms with Crippen LogP contribution in [0.1, 0.15) is 51.5 Å². The van der Waals surface area contributed by atoms with Gasteiger partial charge in [0.25, 0.3) is 0 Å². The Morgan fingerprint density at radius 1 is 1.33 bits per heavy atom. The summed E-state index contributed by atoms with van der Waals surface area (Å²) < 4.78 is 6.39. The lowest BCUT2D eigenvalue weighted by molar-refractivity contribution is -0.0848. The number of benzene rings is 1. The number of ether oxygens (including phenoxy) is 1. The van der Waals surface area contributed by atoms with Gasteiger partial charge < -0.3 is 10.1 Å². The molecule has 2 nitrogen and oxygen atoms in total. The van der Waals surface area contributed by atoms with Crippen LogP contribution in [0, 0.1) is 5.92 Å². The zero-order valence-corrected chi connectivity index (χ0v) is 14.1. The van der Waals surface area contributed by atoms with E-state index in [9.17, 15) is 0 Å². The minimum absolute atomic E-state index is 0.00397. The van der Waals surface area contributed by atoms with Gasteiger partial charge in [-0.05, 0) is 62.3 Å². The Kier molecular flexibility index (Phi) is 6.53. The highest BCUT2D eigenvalue weighted by molar-refractivity contribution is 6.30. The fourth-order valence-electron chi connectivity index (χ4n) is 3.02. The average molecular weight is 310 g/mol. The lowest BCUT2D eigenvalue weighted by Crippen LogP contribution is -2.45. The highest BCUT2D eigenvalue weighted by Crippen LogP contribution is 2.35. The summed E-state index contributed by atoms with van der Waals surface area (Å²) in [4.78, 5) is 0. The number of hydrogen-bond donors (Lipinski definition) is 1. The maximum Gasteiger partial charge on any atom is 0.0811 e. The molecule has 1 aromatic carbocycles. The Balaban J connectivity index is 1.95. The molecule has 0 unspecified atom stereocenters. The molecule has 0 spiro atoms. The Labute approximate surface area is 134 Å². The molecule has 0 saturated heterocycles. The van der Waals surface area contributed by atoms with E-state index in [1.54, 1.807) is 0 Å². The topological polar surface area (TPSA) is 21.3 Å². The summed E-state index contributed by atoms with van der Waals surface area (Å²) in [6.07, 6.45) is 6.02. The number of halogens is 1. The second kappa shape index (κ2) is 8.17. The first-order valence-corrected chi connectivity index (χ1v) is 8.60. The summed E-state index contributed by atoms with van der Waals surface area (Å²) in [7, 11) is 0. The third-order valence-corrected chi connectivity index (χ3v) is 4.73. The van der Waals surface area contributed by atoms with E-state index in [4.69, 9.17) is 16.3 Å². The molecule has 21 heavy (non-hydrogen) atoms. The number of rotatable bonds is 7. The van der Waals surface area contributed by atoms with Gasteiger partial charge in [-0.2, -0.15) is 0 Å². The highest BCUT2D eigenvalue weighted by Gasteiger charge is 2.34. The predicted octanol–water partition coefficient (Wildman–Crippen LogP) is 4.81. The van der Waals surface area contributed by atoms with Gasteiger partial charge in [0.2, 0.25) is 0 Å². The molecule has 0 aromatic heterocycles. The third-order valence-electron chi connectivity index (χ3n) is 4.49. The molecule has 3 heteroatoms. The van der Waals surface area contributed by atoms with Crippen molar-refractivity contribution >= 4 is 11.6 Å². The molecule has 2 rings (SSSR count). The maximum absolute atomic E-state index is 6.39. The molecular weight excluding hydrogens is 282 g/mol. The molecule has 1 aromatic rings. The standard InChI is InChI=1S/C18H28ClNO/c1-3-11-20-14-18(9-7-15(2)8-10-18)21-13-16-5-4-6-17(19)12-16/h4-6,12,15,20H,3,7-11,13-14H2,1-2H3. The van der Waals surface area contributed by atoms with Crippen molar-refractivity contribution in [2.24, 2.45) is 5.92 Å². The molecular formula is C18H28ClNO. The Bertz CT molecular complexity index is 427. The lowest BCUT2D eigenvalue weighted by Gasteiger charge is -2.39. The fourth-order valence-corrected chi connectivity index (χ4v) is 3.23. The summed E-state index contributed by atoms with van der Waals surface area (Å²) in [6, 6.07) is 7.99.